The Morgan fingerprint density at radius 3 is 2.77 bits per heavy atom. The lowest BCUT2D eigenvalue weighted by Gasteiger charge is -2.20. The zero-order valence-electron chi connectivity index (χ0n) is 17.6. The molecule has 0 bridgehead atoms. The van der Waals surface area contributed by atoms with Gasteiger partial charge in [0.15, 0.2) is 5.82 Å². The van der Waals surface area contributed by atoms with Gasteiger partial charge >= 0.3 is 0 Å². The molecule has 0 radical (unpaired) electrons. The molecule has 0 spiro atoms. The number of hydrogen-bond acceptors (Lipinski definition) is 5. The monoisotopic (exact) mass is 427 g/mol. The van der Waals surface area contributed by atoms with Crippen molar-refractivity contribution < 1.29 is 9.18 Å². The van der Waals surface area contributed by atoms with Crippen LogP contribution in [0.15, 0.2) is 18.2 Å². The summed E-state index contributed by atoms with van der Waals surface area (Å²) in [6.45, 7) is 7.38. The molecule has 158 valence electrons. The van der Waals surface area contributed by atoms with E-state index in [9.17, 15) is 9.18 Å². The normalized spacial score (nSPS) is 13.9. The molecule has 0 atom stereocenters. The Bertz CT molecular complexity index is 1050. The van der Waals surface area contributed by atoms with Crippen LogP contribution in [0.3, 0.4) is 0 Å². The zero-order chi connectivity index (χ0) is 21.3. The number of aromatic nitrogens is 4. The number of thiazole rings is 1. The highest BCUT2D eigenvalue weighted by Gasteiger charge is 2.23. The second kappa shape index (κ2) is 8.63. The first-order chi connectivity index (χ1) is 14.4. The smallest absolute Gasteiger partial charge is 0.244 e. The molecule has 1 aromatic carbocycles. The van der Waals surface area contributed by atoms with Crippen LogP contribution in [0.25, 0.3) is 11.4 Å². The average Bonchev–Trinajstić information content (AvgIpc) is 3.21. The molecular formula is C22H26FN5OS. The van der Waals surface area contributed by atoms with E-state index in [1.807, 2.05) is 11.8 Å². The minimum absolute atomic E-state index is 0.0472. The topological polar surface area (TPSA) is 63.9 Å². The van der Waals surface area contributed by atoms with Crippen LogP contribution < -0.4 is 0 Å². The van der Waals surface area contributed by atoms with E-state index >= 15 is 0 Å². The van der Waals surface area contributed by atoms with Crippen LogP contribution in [0.1, 0.15) is 40.3 Å². The summed E-state index contributed by atoms with van der Waals surface area (Å²) in [6.07, 6.45) is 3.29. The van der Waals surface area contributed by atoms with Crippen molar-refractivity contribution >= 4 is 17.2 Å². The Kier molecular flexibility index (Phi) is 5.94. The lowest BCUT2D eigenvalue weighted by Crippen LogP contribution is -2.36. The number of amides is 1. The molecule has 1 aliphatic heterocycles. The number of rotatable bonds is 5. The number of nitrogens with zero attached hydrogens (tertiary/aromatic N) is 5. The third-order valence-electron chi connectivity index (χ3n) is 5.39. The van der Waals surface area contributed by atoms with Gasteiger partial charge in [0.05, 0.1) is 10.7 Å². The molecular weight excluding hydrogens is 401 g/mol. The van der Waals surface area contributed by atoms with Crippen LogP contribution in [0.2, 0.25) is 0 Å². The summed E-state index contributed by atoms with van der Waals surface area (Å²) in [5.41, 5.74) is 2.45. The second-order valence-corrected chi connectivity index (χ2v) is 8.99. The van der Waals surface area contributed by atoms with Gasteiger partial charge in [-0.25, -0.2) is 19.0 Å². The molecule has 3 heterocycles. The molecule has 1 aliphatic rings. The fourth-order valence-electron chi connectivity index (χ4n) is 3.79. The molecule has 0 aliphatic carbocycles. The molecule has 0 fully saturated rings. The first kappa shape index (κ1) is 20.7. The highest BCUT2D eigenvalue weighted by molar-refractivity contribution is 7.11. The van der Waals surface area contributed by atoms with Crippen LogP contribution in [0, 0.1) is 19.7 Å². The molecule has 0 N–H and O–H groups in total. The van der Waals surface area contributed by atoms with Gasteiger partial charge in [0, 0.05) is 42.8 Å². The van der Waals surface area contributed by atoms with E-state index in [4.69, 9.17) is 0 Å². The van der Waals surface area contributed by atoms with Gasteiger partial charge in [-0.05, 0) is 44.0 Å². The molecule has 30 heavy (non-hydrogen) atoms. The minimum atomic E-state index is -0.249. The number of fused-ring (bicyclic) bond motifs is 1. The van der Waals surface area contributed by atoms with E-state index < -0.39 is 0 Å². The zero-order valence-corrected chi connectivity index (χ0v) is 18.4. The SMILES string of the molecule is CCCc1nc(-c2ccc(F)c(C)c2)nn1CC(=O)N1CCc2nc(C)sc2CC1. The lowest BCUT2D eigenvalue weighted by atomic mass is 10.1. The van der Waals surface area contributed by atoms with Crippen molar-refractivity contribution in [2.45, 2.75) is 53.0 Å². The van der Waals surface area contributed by atoms with Gasteiger partial charge in [-0.1, -0.05) is 6.92 Å². The number of hydrogen-bond donors (Lipinski definition) is 0. The minimum Gasteiger partial charge on any atom is -0.340 e. The van der Waals surface area contributed by atoms with Gasteiger partial charge in [0.1, 0.15) is 18.2 Å². The number of carbonyl (C=O) groups is 1. The first-order valence-corrected chi connectivity index (χ1v) is 11.2. The summed E-state index contributed by atoms with van der Waals surface area (Å²) in [5, 5.41) is 5.69. The van der Waals surface area contributed by atoms with Crippen molar-refractivity contribution in [2.24, 2.45) is 0 Å². The molecule has 1 amide bonds. The molecule has 8 heteroatoms. The van der Waals surface area contributed by atoms with E-state index in [1.54, 1.807) is 35.1 Å². The maximum atomic E-state index is 13.6. The largest absolute Gasteiger partial charge is 0.340 e. The maximum Gasteiger partial charge on any atom is 0.244 e. The number of carbonyl (C=O) groups excluding carboxylic acids is 1. The molecule has 0 unspecified atom stereocenters. The average molecular weight is 428 g/mol. The Labute approximate surface area is 179 Å². The molecule has 0 saturated heterocycles. The number of aryl methyl sites for hydroxylation is 3. The van der Waals surface area contributed by atoms with Crippen LogP contribution in [-0.2, 0) is 30.6 Å². The van der Waals surface area contributed by atoms with E-state index in [-0.39, 0.29) is 18.3 Å². The molecule has 0 saturated carbocycles. The van der Waals surface area contributed by atoms with Crippen molar-refractivity contribution in [2.75, 3.05) is 13.1 Å². The van der Waals surface area contributed by atoms with Crippen molar-refractivity contribution in [1.82, 2.24) is 24.6 Å². The highest BCUT2D eigenvalue weighted by atomic mass is 32.1. The summed E-state index contributed by atoms with van der Waals surface area (Å²) >= 11 is 1.73. The number of halogens is 1. The van der Waals surface area contributed by atoms with E-state index in [2.05, 4.69) is 22.0 Å². The van der Waals surface area contributed by atoms with E-state index in [1.165, 1.54) is 10.9 Å². The fourth-order valence-corrected chi connectivity index (χ4v) is 4.76. The van der Waals surface area contributed by atoms with Crippen molar-refractivity contribution in [3.05, 3.63) is 51.0 Å². The Morgan fingerprint density at radius 1 is 1.20 bits per heavy atom. The van der Waals surface area contributed by atoms with Gasteiger partial charge in [-0.15, -0.1) is 11.3 Å². The van der Waals surface area contributed by atoms with E-state index in [0.29, 0.717) is 24.5 Å². The Morgan fingerprint density at radius 2 is 2.00 bits per heavy atom. The van der Waals surface area contributed by atoms with Gasteiger partial charge in [-0.2, -0.15) is 5.10 Å². The van der Waals surface area contributed by atoms with Crippen LogP contribution in [-0.4, -0.2) is 43.6 Å². The predicted octanol–water partition coefficient (Wildman–Crippen LogP) is 3.74. The fraction of sp³-hybridized carbons (Fsp3) is 0.455. The Hall–Kier alpha value is -2.61. The van der Waals surface area contributed by atoms with E-state index in [0.717, 1.165) is 47.8 Å². The van der Waals surface area contributed by atoms with Crippen molar-refractivity contribution in [3.8, 4) is 11.4 Å². The summed E-state index contributed by atoms with van der Waals surface area (Å²) in [6, 6.07) is 4.86. The molecule has 4 rings (SSSR count). The summed E-state index contributed by atoms with van der Waals surface area (Å²) in [4.78, 5) is 25.5. The summed E-state index contributed by atoms with van der Waals surface area (Å²) < 4.78 is 15.3. The number of benzene rings is 1. The van der Waals surface area contributed by atoms with Crippen molar-refractivity contribution in [1.29, 1.82) is 0 Å². The summed E-state index contributed by atoms with van der Waals surface area (Å²) in [5.74, 6) is 1.12. The predicted molar refractivity (Wildman–Crippen MR) is 115 cm³/mol. The lowest BCUT2D eigenvalue weighted by molar-refractivity contribution is -0.132. The third-order valence-corrected chi connectivity index (χ3v) is 6.46. The Balaban J connectivity index is 1.51. The standard InChI is InChI=1S/C22H26FN5OS/c1-4-5-20-25-22(16-6-7-17(23)14(2)12-16)26-28(20)13-21(29)27-10-8-18-19(9-11-27)30-15(3)24-18/h6-7,12H,4-5,8-11,13H2,1-3H3. The van der Waals surface area contributed by atoms with Gasteiger partial charge < -0.3 is 4.90 Å². The van der Waals surface area contributed by atoms with Gasteiger partial charge in [0.2, 0.25) is 5.91 Å². The highest BCUT2D eigenvalue weighted by Crippen LogP contribution is 2.23. The van der Waals surface area contributed by atoms with Crippen molar-refractivity contribution in [3.63, 3.8) is 0 Å². The maximum absolute atomic E-state index is 13.6. The van der Waals surface area contributed by atoms with Crippen LogP contribution in [0.5, 0.6) is 0 Å². The second-order valence-electron chi connectivity index (χ2n) is 7.71. The molecule has 6 nitrogen and oxygen atoms in total. The molecule has 3 aromatic rings. The third kappa shape index (κ3) is 4.28. The first-order valence-electron chi connectivity index (χ1n) is 10.4. The van der Waals surface area contributed by atoms with Crippen LogP contribution >= 0.6 is 11.3 Å². The van der Waals surface area contributed by atoms with Crippen LogP contribution in [0.4, 0.5) is 4.39 Å². The molecule has 2 aromatic heterocycles. The quantitative estimate of drug-likeness (QED) is 0.622. The van der Waals surface area contributed by atoms with Gasteiger partial charge in [-0.3, -0.25) is 4.79 Å². The van der Waals surface area contributed by atoms with Gasteiger partial charge in [0.25, 0.3) is 0 Å². The summed E-state index contributed by atoms with van der Waals surface area (Å²) in [7, 11) is 0.